The van der Waals surface area contributed by atoms with E-state index in [1.54, 1.807) is 0 Å². The third kappa shape index (κ3) is 3.83. The van der Waals surface area contributed by atoms with Gasteiger partial charge in [-0.25, -0.2) is 0 Å². The van der Waals surface area contributed by atoms with Gasteiger partial charge in [0.1, 0.15) is 0 Å². The first-order valence-electron chi connectivity index (χ1n) is 9.45. The molecule has 1 saturated heterocycles. The minimum Gasteiger partial charge on any atom is -0.368 e. The summed E-state index contributed by atoms with van der Waals surface area (Å²) in [5, 5.41) is 1.13. The fraction of sp³-hybridized carbons (Fsp3) is 0.318. The van der Waals surface area contributed by atoms with E-state index in [2.05, 4.69) is 53.1 Å². The van der Waals surface area contributed by atoms with E-state index in [0.29, 0.717) is 0 Å². The van der Waals surface area contributed by atoms with E-state index in [9.17, 15) is 4.79 Å². The van der Waals surface area contributed by atoms with Gasteiger partial charge in [0, 0.05) is 55.7 Å². The van der Waals surface area contributed by atoms with E-state index in [4.69, 9.17) is 0 Å². The molecule has 3 aromatic rings. The summed E-state index contributed by atoms with van der Waals surface area (Å²) in [7, 11) is 4.17. The van der Waals surface area contributed by atoms with Crippen LogP contribution in [0.15, 0.2) is 54.7 Å². The first kappa shape index (κ1) is 17.6. The van der Waals surface area contributed by atoms with Gasteiger partial charge in [-0.3, -0.25) is 4.79 Å². The van der Waals surface area contributed by atoms with E-state index in [1.807, 2.05) is 35.4 Å². The number of carbonyl (C=O) groups is 1. The molecule has 1 amide bonds. The van der Waals surface area contributed by atoms with Crippen LogP contribution in [0, 0.1) is 0 Å². The second-order valence-electron chi connectivity index (χ2n) is 7.47. The number of amides is 1. The highest BCUT2D eigenvalue weighted by atomic mass is 16.2. The van der Waals surface area contributed by atoms with E-state index in [1.165, 1.54) is 11.3 Å². The van der Waals surface area contributed by atoms with Gasteiger partial charge in [-0.2, -0.15) is 0 Å². The molecule has 0 spiro atoms. The maximum absolute atomic E-state index is 12.9. The van der Waals surface area contributed by atoms with Crippen molar-refractivity contribution in [3.05, 3.63) is 65.9 Å². The Kier molecular flexibility index (Phi) is 4.86. The summed E-state index contributed by atoms with van der Waals surface area (Å²) in [5.74, 6) is 0.118. The number of aromatic nitrogens is 1. The smallest absolute Gasteiger partial charge is 0.254 e. The number of fused-ring (bicyclic) bond motifs is 1. The van der Waals surface area contributed by atoms with Gasteiger partial charge in [-0.15, -0.1) is 0 Å². The van der Waals surface area contributed by atoms with Crippen LogP contribution in [0.2, 0.25) is 0 Å². The Morgan fingerprint density at radius 2 is 1.85 bits per heavy atom. The van der Waals surface area contributed by atoms with E-state index >= 15 is 0 Å². The van der Waals surface area contributed by atoms with E-state index < -0.39 is 0 Å². The maximum atomic E-state index is 12.9. The molecule has 5 nitrogen and oxygen atoms in total. The van der Waals surface area contributed by atoms with Crippen LogP contribution in [0.5, 0.6) is 0 Å². The molecule has 1 aliphatic heterocycles. The molecule has 1 aliphatic rings. The SMILES string of the molecule is CN(C)Cc1cccc(N2CCN(C(=O)c3ccc4cc[nH]c4c3)CC2)c1. The van der Waals surface area contributed by atoms with Gasteiger partial charge in [0.05, 0.1) is 0 Å². The fourth-order valence-electron chi connectivity index (χ4n) is 3.75. The van der Waals surface area contributed by atoms with Crippen LogP contribution < -0.4 is 4.90 Å². The molecule has 5 heteroatoms. The van der Waals surface area contributed by atoms with Crippen LogP contribution in [0.3, 0.4) is 0 Å². The Bertz CT molecular complexity index is 938. The van der Waals surface area contributed by atoms with Gasteiger partial charge in [0.15, 0.2) is 0 Å². The highest BCUT2D eigenvalue weighted by molar-refractivity contribution is 5.98. The van der Waals surface area contributed by atoms with Crippen LogP contribution in [0.1, 0.15) is 15.9 Å². The lowest BCUT2D eigenvalue weighted by molar-refractivity contribution is 0.0747. The molecule has 0 aliphatic carbocycles. The molecule has 0 unspecified atom stereocenters. The first-order valence-corrected chi connectivity index (χ1v) is 9.45. The number of anilines is 1. The van der Waals surface area contributed by atoms with Gasteiger partial charge in [-0.05, 0) is 55.4 Å². The standard InChI is InChI=1S/C22H26N4O/c1-24(2)16-17-4-3-5-20(14-17)25-10-12-26(13-11-25)22(27)19-7-6-18-8-9-23-21(18)15-19/h3-9,14-15,23H,10-13,16H2,1-2H3. The Labute approximate surface area is 160 Å². The van der Waals surface area contributed by atoms with Crippen LogP contribution in [-0.4, -0.2) is 61.0 Å². The van der Waals surface area contributed by atoms with Crippen molar-refractivity contribution in [2.75, 3.05) is 45.2 Å². The first-order chi connectivity index (χ1) is 13.1. The number of nitrogens with zero attached hydrogens (tertiary/aromatic N) is 3. The summed E-state index contributed by atoms with van der Waals surface area (Å²) < 4.78 is 0. The van der Waals surface area contributed by atoms with Crippen LogP contribution in [0.4, 0.5) is 5.69 Å². The van der Waals surface area contributed by atoms with Gasteiger partial charge < -0.3 is 19.7 Å². The molecule has 0 bridgehead atoms. The lowest BCUT2D eigenvalue weighted by Gasteiger charge is -2.36. The van der Waals surface area contributed by atoms with Gasteiger partial charge >= 0.3 is 0 Å². The molecule has 0 radical (unpaired) electrons. The van der Waals surface area contributed by atoms with Crippen LogP contribution in [0.25, 0.3) is 10.9 Å². The summed E-state index contributed by atoms with van der Waals surface area (Å²) in [6.45, 7) is 4.16. The van der Waals surface area contributed by atoms with Crippen LogP contribution in [-0.2, 0) is 6.54 Å². The molecule has 27 heavy (non-hydrogen) atoms. The van der Waals surface area contributed by atoms with Crippen molar-refractivity contribution >= 4 is 22.5 Å². The number of benzene rings is 2. The van der Waals surface area contributed by atoms with Crippen LogP contribution >= 0.6 is 0 Å². The predicted octanol–water partition coefficient (Wildman–Crippen LogP) is 3.19. The Hall–Kier alpha value is -2.79. The Balaban J connectivity index is 1.41. The third-order valence-corrected chi connectivity index (χ3v) is 5.14. The minimum atomic E-state index is 0.118. The summed E-state index contributed by atoms with van der Waals surface area (Å²) in [5.41, 5.74) is 4.33. The number of piperazine rings is 1. The topological polar surface area (TPSA) is 42.6 Å². The van der Waals surface area contributed by atoms with Crippen molar-refractivity contribution in [3.8, 4) is 0 Å². The van der Waals surface area contributed by atoms with Crippen molar-refractivity contribution in [1.82, 2.24) is 14.8 Å². The highest BCUT2D eigenvalue weighted by Crippen LogP contribution is 2.21. The summed E-state index contributed by atoms with van der Waals surface area (Å²) in [6.07, 6.45) is 1.90. The second-order valence-corrected chi connectivity index (χ2v) is 7.47. The number of rotatable bonds is 4. The predicted molar refractivity (Wildman–Crippen MR) is 110 cm³/mol. The number of aromatic amines is 1. The number of hydrogen-bond donors (Lipinski definition) is 1. The molecule has 2 heterocycles. The lowest BCUT2D eigenvalue weighted by atomic mass is 10.1. The van der Waals surface area contributed by atoms with E-state index in [-0.39, 0.29) is 5.91 Å². The molecule has 1 aromatic heterocycles. The minimum absolute atomic E-state index is 0.118. The molecule has 0 atom stereocenters. The number of nitrogens with one attached hydrogen (secondary N) is 1. The van der Waals surface area contributed by atoms with Gasteiger partial charge in [0.2, 0.25) is 0 Å². The molecule has 1 fully saturated rings. The number of hydrogen-bond acceptors (Lipinski definition) is 3. The summed E-state index contributed by atoms with van der Waals surface area (Å²) in [4.78, 5) is 22.6. The Morgan fingerprint density at radius 1 is 1.04 bits per heavy atom. The van der Waals surface area contributed by atoms with E-state index in [0.717, 1.165) is 49.2 Å². The molecule has 2 aromatic carbocycles. The Morgan fingerprint density at radius 3 is 2.63 bits per heavy atom. The molecular formula is C22H26N4O. The maximum Gasteiger partial charge on any atom is 0.254 e. The van der Waals surface area contributed by atoms with Gasteiger partial charge in [-0.1, -0.05) is 18.2 Å². The zero-order chi connectivity index (χ0) is 18.8. The molecule has 1 N–H and O–H groups in total. The molecule has 0 saturated carbocycles. The normalized spacial score (nSPS) is 14.9. The monoisotopic (exact) mass is 362 g/mol. The number of carbonyl (C=O) groups excluding carboxylic acids is 1. The molecule has 4 rings (SSSR count). The molecular weight excluding hydrogens is 336 g/mol. The van der Waals surface area contributed by atoms with Crippen molar-refractivity contribution in [1.29, 1.82) is 0 Å². The number of H-pyrrole nitrogens is 1. The quantitative estimate of drug-likeness (QED) is 0.775. The summed E-state index contributed by atoms with van der Waals surface area (Å²) >= 11 is 0. The third-order valence-electron chi connectivity index (χ3n) is 5.14. The average Bonchev–Trinajstić information content (AvgIpc) is 3.15. The zero-order valence-corrected chi connectivity index (χ0v) is 16.0. The van der Waals surface area contributed by atoms with Crippen molar-refractivity contribution in [2.45, 2.75) is 6.54 Å². The van der Waals surface area contributed by atoms with Crippen molar-refractivity contribution in [2.24, 2.45) is 0 Å². The second kappa shape index (κ2) is 7.45. The van der Waals surface area contributed by atoms with Crippen molar-refractivity contribution < 1.29 is 4.79 Å². The average molecular weight is 362 g/mol. The largest absolute Gasteiger partial charge is 0.368 e. The lowest BCUT2D eigenvalue weighted by Crippen LogP contribution is -2.48. The van der Waals surface area contributed by atoms with Gasteiger partial charge in [0.25, 0.3) is 5.91 Å². The van der Waals surface area contributed by atoms with Crippen molar-refractivity contribution in [3.63, 3.8) is 0 Å². The highest BCUT2D eigenvalue weighted by Gasteiger charge is 2.22. The fourth-order valence-corrected chi connectivity index (χ4v) is 3.75. The zero-order valence-electron chi connectivity index (χ0n) is 16.0. The molecule has 140 valence electrons. The summed E-state index contributed by atoms with van der Waals surface area (Å²) in [6, 6.07) is 16.6.